The molecule has 1 aliphatic carbocycles. The Morgan fingerprint density at radius 3 is 2.48 bits per heavy atom. The van der Waals surface area contributed by atoms with Crippen LogP contribution in [0.2, 0.25) is 0 Å². The van der Waals surface area contributed by atoms with Gasteiger partial charge in [0.2, 0.25) is 11.8 Å². The van der Waals surface area contributed by atoms with Crippen molar-refractivity contribution in [2.45, 2.75) is 37.8 Å². The maximum absolute atomic E-state index is 13.5. The summed E-state index contributed by atoms with van der Waals surface area (Å²) >= 11 is 1.30. The van der Waals surface area contributed by atoms with Crippen LogP contribution in [-0.2, 0) is 9.59 Å². The number of amides is 3. The molecule has 0 unspecified atom stereocenters. The highest BCUT2D eigenvalue weighted by molar-refractivity contribution is 7.12. The second kappa shape index (κ2) is 10.9. The van der Waals surface area contributed by atoms with Gasteiger partial charge >= 0.3 is 0 Å². The van der Waals surface area contributed by atoms with E-state index in [1.54, 1.807) is 42.0 Å². The van der Waals surface area contributed by atoms with Crippen molar-refractivity contribution in [3.05, 3.63) is 82.8 Å². The number of benzene rings is 1. The van der Waals surface area contributed by atoms with Gasteiger partial charge in [-0.1, -0.05) is 49.2 Å². The second-order valence-corrected chi connectivity index (χ2v) is 8.89. The molecule has 2 aromatic heterocycles. The number of hydrogen-bond acceptors (Lipinski definition) is 5. The van der Waals surface area contributed by atoms with Crippen LogP contribution in [0, 0.1) is 0 Å². The van der Waals surface area contributed by atoms with Crippen molar-refractivity contribution in [2.24, 2.45) is 0 Å². The molecule has 1 aliphatic rings. The van der Waals surface area contributed by atoms with Gasteiger partial charge in [-0.25, -0.2) is 0 Å². The predicted octanol–water partition coefficient (Wildman–Crippen LogP) is 3.71. The molecule has 0 aliphatic heterocycles. The van der Waals surface area contributed by atoms with E-state index in [1.807, 2.05) is 30.3 Å². The molecule has 170 valence electrons. The summed E-state index contributed by atoms with van der Waals surface area (Å²) in [5.74, 6) is -0.964. The zero-order valence-electron chi connectivity index (χ0n) is 18.1. The van der Waals surface area contributed by atoms with Gasteiger partial charge < -0.3 is 10.6 Å². The average molecular weight is 463 g/mol. The topological polar surface area (TPSA) is 91.4 Å². The molecule has 7 nitrogen and oxygen atoms in total. The van der Waals surface area contributed by atoms with Gasteiger partial charge in [-0.2, -0.15) is 0 Å². The van der Waals surface area contributed by atoms with Crippen molar-refractivity contribution in [1.82, 2.24) is 15.6 Å². The van der Waals surface area contributed by atoms with E-state index in [0.29, 0.717) is 16.1 Å². The highest BCUT2D eigenvalue weighted by Crippen LogP contribution is 2.28. The normalized spacial score (nSPS) is 14.4. The largest absolute Gasteiger partial charge is 0.351 e. The van der Waals surface area contributed by atoms with E-state index in [2.05, 4.69) is 15.6 Å². The quantitative estimate of drug-likeness (QED) is 0.534. The first-order valence-electron chi connectivity index (χ1n) is 11.0. The van der Waals surface area contributed by atoms with Gasteiger partial charge in [0, 0.05) is 12.2 Å². The lowest BCUT2D eigenvalue weighted by atomic mass is 10.0. The number of carbonyl (C=O) groups is 3. The molecule has 4 rings (SSSR count). The van der Waals surface area contributed by atoms with Crippen molar-refractivity contribution in [1.29, 1.82) is 0 Å². The van der Waals surface area contributed by atoms with Gasteiger partial charge in [-0.15, -0.1) is 11.3 Å². The summed E-state index contributed by atoms with van der Waals surface area (Å²) in [4.78, 5) is 45.5. The second-order valence-electron chi connectivity index (χ2n) is 7.94. The lowest BCUT2D eigenvalue weighted by Gasteiger charge is -2.32. The summed E-state index contributed by atoms with van der Waals surface area (Å²) in [6, 6.07) is 15.4. The summed E-state index contributed by atoms with van der Waals surface area (Å²) in [6.07, 6.45) is 7.20. The molecule has 3 amide bonds. The number of nitrogens with zero attached hydrogens (tertiary/aromatic N) is 2. The maximum Gasteiger partial charge on any atom is 0.261 e. The summed E-state index contributed by atoms with van der Waals surface area (Å²) < 4.78 is 0. The fraction of sp³-hybridized carbons (Fsp3) is 0.280. The van der Waals surface area contributed by atoms with E-state index >= 15 is 0 Å². The molecule has 2 N–H and O–H groups in total. The molecule has 0 spiro atoms. The number of anilines is 1. The van der Waals surface area contributed by atoms with E-state index in [4.69, 9.17) is 0 Å². The molecule has 1 saturated carbocycles. The van der Waals surface area contributed by atoms with Crippen molar-refractivity contribution in [2.75, 3.05) is 11.4 Å². The maximum atomic E-state index is 13.5. The molecule has 1 atom stereocenters. The first-order chi connectivity index (χ1) is 16.1. The average Bonchev–Trinajstić information content (AvgIpc) is 3.56. The number of pyridine rings is 1. The Morgan fingerprint density at radius 2 is 1.82 bits per heavy atom. The van der Waals surface area contributed by atoms with E-state index in [9.17, 15) is 14.4 Å². The number of hydrogen-bond donors (Lipinski definition) is 2. The first-order valence-corrected chi connectivity index (χ1v) is 11.9. The molecular weight excluding hydrogens is 436 g/mol. The zero-order valence-corrected chi connectivity index (χ0v) is 19.0. The van der Waals surface area contributed by atoms with Gasteiger partial charge in [0.05, 0.1) is 23.3 Å². The summed E-state index contributed by atoms with van der Waals surface area (Å²) in [5, 5.41) is 7.62. The monoisotopic (exact) mass is 462 g/mol. The van der Waals surface area contributed by atoms with Crippen molar-refractivity contribution in [3.63, 3.8) is 0 Å². The Morgan fingerprint density at radius 1 is 1.03 bits per heavy atom. The smallest absolute Gasteiger partial charge is 0.261 e. The number of thiophene rings is 1. The van der Waals surface area contributed by atoms with Crippen LogP contribution in [0.5, 0.6) is 0 Å². The molecule has 2 heterocycles. The van der Waals surface area contributed by atoms with Crippen molar-refractivity contribution < 1.29 is 14.4 Å². The third-order valence-corrected chi connectivity index (χ3v) is 6.53. The van der Waals surface area contributed by atoms with Crippen molar-refractivity contribution in [3.8, 4) is 0 Å². The number of aromatic nitrogens is 1. The van der Waals surface area contributed by atoms with Gasteiger partial charge in [0.1, 0.15) is 6.04 Å². The zero-order chi connectivity index (χ0) is 23.0. The van der Waals surface area contributed by atoms with Crippen LogP contribution in [0.25, 0.3) is 0 Å². The molecular formula is C25H26N4O3S. The standard InChI is InChI=1S/C25H26N4O3S/c30-22(17-27-24(31)21-13-7-15-33-21)29(20-12-6-14-26-16-20)23(18-8-2-1-3-9-18)25(32)28-19-10-4-5-11-19/h1-3,6-9,12-16,19,23H,4-5,10-11,17H2,(H,27,31)(H,28,32)/t23-/m0/s1. The van der Waals surface area contributed by atoms with Crippen molar-refractivity contribution >= 4 is 34.7 Å². The summed E-state index contributed by atoms with van der Waals surface area (Å²) in [5.41, 5.74) is 1.18. The van der Waals surface area contributed by atoms with E-state index in [-0.39, 0.29) is 24.4 Å². The minimum atomic E-state index is -0.887. The first kappa shape index (κ1) is 22.7. The van der Waals surface area contributed by atoms with Crippen LogP contribution in [0.1, 0.15) is 47.0 Å². The Balaban J connectivity index is 1.63. The van der Waals surface area contributed by atoms with E-state index in [0.717, 1.165) is 25.7 Å². The van der Waals surface area contributed by atoms with Crippen LogP contribution in [0.4, 0.5) is 5.69 Å². The molecule has 0 bridgehead atoms. The molecule has 3 aromatic rings. The third-order valence-electron chi connectivity index (χ3n) is 5.66. The van der Waals surface area contributed by atoms with Crippen LogP contribution < -0.4 is 15.5 Å². The molecule has 0 radical (unpaired) electrons. The number of nitrogens with one attached hydrogen (secondary N) is 2. The highest BCUT2D eigenvalue weighted by Gasteiger charge is 2.34. The molecule has 33 heavy (non-hydrogen) atoms. The SMILES string of the molecule is O=C(NCC(=O)N(c1cccnc1)[C@H](C(=O)NC1CCCC1)c1ccccc1)c1cccs1. The summed E-state index contributed by atoms with van der Waals surface area (Å²) in [7, 11) is 0. The van der Waals surface area contributed by atoms with Gasteiger partial charge in [-0.3, -0.25) is 24.3 Å². The van der Waals surface area contributed by atoms with Gasteiger partial charge in [0.25, 0.3) is 5.91 Å². The Kier molecular flexibility index (Phi) is 7.47. The Bertz CT molecular complexity index is 1070. The van der Waals surface area contributed by atoms with Crippen LogP contribution in [0.3, 0.4) is 0 Å². The van der Waals surface area contributed by atoms with Gasteiger partial charge in [-0.05, 0) is 42.0 Å². The fourth-order valence-corrected chi connectivity index (χ4v) is 4.71. The lowest BCUT2D eigenvalue weighted by molar-refractivity contribution is -0.126. The molecule has 0 saturated heterocycles. The summed E-state index contributed by atoms with van der Waals surface area (Å²) in [6.45, 7) is -0.244. The fourth-order valence-electron chi connectivity index (χ4n) is 4.07. The molecule has 1 aromatic carbocycles. The predicted molar refractivity (Wildman–Crippen MR) is 128 cm³/mol. The highest BCUT2D eigenvalue weighted by atomic mass is 32.1. The Labute approximate surface area is 196 Å². The number of rotatable bonds is 8. The lowest BCUT2D eigenvalue weighted by Crippen LogP contribution is -2.49. The van der Waals surface area contributed by atoms with E-state index < -0.39 is 11.9 Å². The minimum absolute atomic E-state index is 0.105. The van der Waals surface area contributed by atoms with Crippen LogP contribution in [0.15, 0.2) is 72.4 Å². The van der Waals surface area contributed by atoms with Crippen LogP contribution in [-0.4, -0.2) is 35.3 Å². The Hall–Kier alpha value is -3.52. The third kappa shape index (κ3) is 5.64. The van der Waals surface area contributed by atoms with E-state index in [1.165, 1.54) is 16.2 Å². The molecule has 8 heteroatoms. The number of carbonyl (C=O) groups excluding carboxylic acids is 3. The van der Waals surface area contributed by atoms with Crippen LogP contribution >= 0.6 is 11.3 Å². The molecule has 1 fully saturated rings. The van der Waals surface area contributed by atoms with Gasteiger partial charge in [0.15, 0.2) is 0 Å². The minimum Gasteiger partial charge on any atom is -0.351 e.